The minimum Gasteiger partial charge on any atom is -0.325 e. The number of piperazine rings is 1. The van der Waals surface area contributed by atoms with E-state index in [9.17, 15) is 9.59 Å². The zero-order valence-corrected chi connectivity index (χ0v) is 19.6. The summed E-state index contributed by atoms with van der Waals surface area (Å²) < 4.78 is 1.81. The predicted octanol–water partition coefficient (Wildman–Crippen LogP) is 2.70. The number of hydrogen-bond acceptors (Lipinski definition) is 6. The second-order valence-corrected chi connectivity index (χ2v) is 9.52. The molecule has 31 heavy (non-hydrogen) atoms. The van der Waals surface area contributed by atoms with Crippen LogP contribution in [0, 0.1) is 6.92 Å². The first-order valence-electron chi connectivity index (χ1n) is 10.7. The van der Waals surface area contributed by atoms with E-state index in [1.54, 1.807) is 10.7 Å². The summed E-state index contributed by atoms with van der Waals surface area (Å²) in [5.74, 6) is 0.0635. The number of thioether (sulfide) groups is 1. The van der Waals surface area contributed by atoms with E-state index in [2.05, 4.69) is 27.3 Å². The molecule has 4 rings (SSSR count). The molecule has 0 spiro atoms. The SMILES string of the molecule is Cc1c(Cl)cccc1NC(=O)CSc1nc(=O)n(N2CCN(C)CC2)c2c1CCCC2. The number of anilines is 1. The highest BCUT2D eigenvalue weighted by atomic mass is 35.5. The molecule has 0 radical (unpaired) electrons. The van der Waals surface area contributed by atoms with Crippen molar-refractivity contribution in [2.75, 3.05) is 49.3 Å². The number of carbonyl (C=O) groups excluding carboxylic acids is 1. The first-order chi connectivity index (χ1) is 14.9. The quantitative estimate of drug-likeness (QED) is 0.545. The van der Waals surface area contributed by atoms with Crippen LogP contribution in [0.15, 0.2) is 28.0 Å². The number of benzene rings is 1. The Kier molecular flexibility index (Phi) is 6.89. The molecule has 2 aliphatic rings. The van der Waals surface area contributed by atoms with E-state index in [0.29, 0.717) is 15.7 Å². The van der Waals surface area contributed by atoms with Gasteiger partial charge in [-0.3, -0.25) is 4.79 Å². The fourth-order valence-corrected chi connectivity index (χ4v) is 5.19. The highest BCUT2D eigenvalue weighted by molar-refractivity contribution is 8.00. The lowest BCUT2D eigenvalue weighted by molar-refractivity contribution is -0.113. The number of nitrogens with one attached hydrogen (secondary N) is 1. The van der Waals surface area contributed by atoms with Gasteiger partial charge in [0.15, 0.2) is 0 Å². The summed E-state index contributed by atoms with van der Waals surface area (Å²) in [6.45, 7) is 5.37. The van der Waals surface area contributed by atoms with Crippen LogP contribution in [0.3, 0.4) is 0 Å². The minimum absolute atomic E-state index is 0.134. The molecule has 1 aliphatic heterocycles. The van der Waals surface area contributed by atoms with Crippen LogP contribution in [-0.4, -0.2) is 59.4 Å². The van der Waals surface area contributed by atoms with Gasteiger partial charge in [-0.15, -0.1) is 0 Å². The summed E-state index contributed by atoms with van der Waals surface area (Å²) in [4.78, 5) is 32.2. The van der Waals surface area contributed by atoms with Crippen LogP contribution in [0.4, 0.5) is 5.69 Å². The van der Waals surface area contributed by atoms with Gasteiger partial charge < -0.3 is 15.2 Å². The van der Waals surface area contributed by atoms with Crippen molar-refractivity contribution >= 4 is 35.0 Å². The Balaban J connectivity index is 1.52. The van der Waals surface area contributed by atoms with Gasteiger partial charge in [0.25, 0.3) is 0 Å². The smallest absolute Gasteiger partial charge is 0.325 e. The Hall–Kier alpha value is -2.03. The zero-order valence-electron chi connectivity index (χ0n) is 18.0. The third-order valence-electron chi connectivity index (χ3n) is 5.98. The number of amides is 1. The fraction of sp³-hybridized carbons (Fsp3) is 0.500. The first kappa shape index (κ1) is 22.2. The van der Waals surface area contributed by atoms with Gasteiger partial charge in [-0.25, -0.2) is 9.47 Å². The maximum atomic E-state index is 13.0. The number of rotatable bonds is 5. The maximum Gasteiger partial charge on any atom is 0.367 e. The van der Waals surface area contributed by atoms with Gasteiger partial charge in [0.05, 0.1) is 11.4 Å². The van der Waals surface area contributed by atoms with Crippen molar-refractivity contribution in [3.63, 3.8) is 0 Å². The summed E-state index contributed by atoms with van der Waals surface area (Å²) in [5, 5.41) is 6.36. The third kappa shape index (κ3) is 4.91. The van der Waals surface area contributed by atoms with Gasteiger partial charge in [-0.05, 0) is 57.4 Å². The molecule has 2 heterocycles. The molecule has 0 bridgehead atoms. The number of nitrogens with zero attached hydrogens (tertiary/aromatic N) is 4. The molecule has 1 fully saturated rings. The van der Waals surface area contributed by atoms with E-state index in [-0.39, 0.29) is 17.3 Å². The number of fused-ring (bicyclic) bond motifs is 1. The molecular formula is C22H28ClN5O2S. The fourth-order valence-electron chi connectivity index (χ4n) is 4.14. The third-order valence-corrected chi connectivity index (χ3v) is 7.40. The van der Waals surface area contributed by atoms with Crippen LogP contribution in [0.5, 0.6) is 0 Å². The Morgan fingerprint density at radius 1 is 1.19 bits per heavy atom. The van der Waals surface area contributed by atoms with Crippen molar-refractivity contribution in [3.8, 4) is 0 Å². The lowest BCUT2D eigenvalue weighted by Gasteiger charge is -2.37. The van der Waals surface area contributed by atoms with Gasteiger partial charge >= 0.3 is 5.69 Å². The van der Waals surface area contributed by atoms with Gasteiger partial charge in [-0.2, -0.15) is 4.98 Å². The van der Waals surface area contributed by atoms with E-state index in [4.69, 9.17) is 11.6 Å². The second kappa shape index (κ2) is 9.63. The van der Waals surface area contributed by atoms with E-state index in [0.717, 1.165) is 68.7 Å². The van der Waals surface area contributed by atoms with Crippen LogP contribution >= 0.6 is 23.4 Å². The molecule has 9 heteroatoms. The highest BCUT2D eigenvalue weighted by Gasteiger charge is 2.25. The standard InChI is InChI=1S/C22H28ClN5O2S/c1-15-17(23)7-5-8-18(15)24-20(29)14-31-21-16-6-3-4-9-19(16)28(22(30)25-21)27-12-10-26(2)11-13-27/h5,7-8H,3-4,6,9-14H2,1-2H3,(H,24,29). The topological polar surface area (TPSA) is 70.5 Å². The number of hydrogen-bond donors (Lipinski definition) is 1. The van der Waals surface area contributed by atoms with Crippen molar-refractivity contribution < 1.29 is 4.79 Å². The molecule has 1 saturated heterocycles. The Bertz CT molecular complexity index is 1030. The number of carbonyl (C=O) groups is 1. The van der Waals surface area contributed by atoms with Gasteiger partial charge in [-0.1, -0.05) is 29.4 Å². The summed E-state index contributed by atoms with van der Waals surface area (Å²) in [5.41, 5.74) is 3.51. The first-order valence-corrected chi connectivity index (χ1v) is 12.1. The molecule has 0 unspecified atom stereocenters. The Morgan fingerprint density at radius 3 is 2.71 bits per heavy atom. The average Bonchev–Trinajstić information content (AvgIpc) is 2.76. The molecule has 1 aliphatic carbocycles. The summed E-state index contributed by atoms with van der Waals surface area (Å²) >= 11 is 7.49. The summed E-state index contributed by atoms with van der Waals surface area (Å²) in [6, 6.07) is 5.45. The van der Waals surface area contributed by atoms with Crippen LogP contribution in [0.25, 0.3) is 0 Å². The highest BCUT2D eigenvalue weighted by Crippen LogP contribution is 2.29. The molecule has 1 amide bonds. The summed E-state index contributed by atoms with van der Waals surface area (Å²) in [7, 11) is 2.10. The summed E-state index contributed by atoms with van der Waals surface area (Å²) in [6.07, 6.45) is 3.93. The lowest BCUT2D eigenvalue weighted by atomic mass is 9.97. The molecule has 166 valence electrons. The van der Waals surface area contributed by atoms with Gasteiger partial charge in [0.2, 0.25) is 5.91 Å². The van der Waals surface area contributed by atoms with E-state index < -0.39 is 0 Å². The number of likely N-dealkylation sites (N-methyl/N-ethyl adjacent to an activating group) is 1. The van der Waals surface area contributed by atoms with E-state index in [1.807, 2.05) is 19.1 Å². The molecule has 1 N–H and O–H groups in total. The van der Waals surface area contributed by atoms with Gasteiger partial charge in [0, 0.05) is 42.5 Å². The van der Waals surface area contributed by atoms with Crippen LogP contribution in [0.1, 0.15) is 29.7 Å². The Morgan fingerprint density at radius 2 is 1.94 bits per heavy atom. The molecule has 0 saturated carbocycles. The normalized spacial score (nSPS) is 16.8. The lowest BCUT2D eigenvalue weighted by Crippen LogP contribution is -2.54. The monoisotopic (exact) mass is 461 g/mol. The van der Waals surface area contributed by atoms with Crippen molar-refractivity contribution in [1.82, 2.24) is 14.6 Å². The second-order valence-electron chi connectivity index (χ2n) is 8.15. The number of aromatic nitrogens is 2. The zero-order chi connectivity index (χ0) is 22.0. The van der Waals surface area contributed by atoms with Crippen molar-refractivity contribution in [3.05, 3.63) is 50.5 Å². The maximum absolute atomic E-state index is 13.0. The average molecular weight is 462 g/mol. The van der Waals surface area contributed by atoms with Crippen LogP contribution in [0.2, 0.25) is 5.02 Å². The Labute approximate surface area is 191 Å². The van der Waals surface area contributed by atoms with Crippen molar-refractivity contribution in [2.45, 2.75) is 37.6 Å². The largest absolute Gasteiger partial charge is 0.367 e. The molecule has 2 aromatic rings. The minimum atomic E-state index is -0.237. The van der Waals surface area contributed by atoms with E-state index >= 15 is 0 Å². The van der Waals surface area contributed by atoms with E-state index in [1.165, 1.54) is 11.8 Å². The predicted molar refractivity (Wildman–Crippen MR) is 126 cm³/mol. The molecule has 1 aromatic carbocycles. The number of halogens is 1. The van der Waals surface area contributed by atoms with Crippen molar-refractivity contribution in [1.29, 1.82) is 0 Å². The molecule has 7 nitrogen and oxygen atoms in total. The van der Waals surface area contributed by atoms with Crippen LogP contribution < -0.4 is 16.0 Å². The molecule has 0 atom stereocenters. The van der Waals surface area contributed by atoms with Crippen molar-refractivity contribution in [2.24, 2.45) is 0 Å². The molecular weight excluding hydrogens is 434 g/mol. The van der Waals surface area contributed by atoms with Gasteiger partial charge in [0.1, 0.15) is 5.03 Å². The van der Waals surface area contributed by atoms with Crippen LogP contribution in [-0.2, 0) is 17.6 Å². The molecule has 1 aromatic heterocycles.